The highest BCUT2D eigenvalue weighted by molar-refractivity contribution is 5.69. The van der Waals surface area contributed by atoms with Crippen LogP contribution in [-0.2, 0) is 9.53 Å². The van der Waals surface area contributed by atoms with Gasteiger partial charge in [-0.1, -0.05) is 56.9 Å². The fourth-order valence-electron chi connectivity index (χ4n) is 2.03. The van der Waals surface area contributed by atoms with Crippen molar-refractivity contribution in [3.8, 4) is 0 Å². The predicted molar refractivity (Wildman–Crippen MR) is 86.8 cm³/mol. The molecule has 0 unspecified atom stereocenters. The third-order valence-electron chi connectivity index (χ3n) is 3.15. The van der Waals surface area contributed by atoms with Gasteiger partial charge in [0.05, 0.1) is 6.61 Å². The summed E-state index contributed by atoms with van der Waals surface area (Å²) in [7, 11) is 0. The molecule has 0 heterocycles. The molecule has 0 saturated heterocycles. The van der Waals surface area contributed by atoms with Gasteiger partial charge >= 0.3 is 5.97 Å². The summed E-state index contributed by atoms with van der Waals surface area (Å²) in [6.45, 7) is 4.51. The Balaban J connectivity index is 3.17. The molecule has 2 heteroatoms. The Kier molecular flexibility index (Phi) is 15.2. The van der Waals surface area contributed by atoms with Gasteiger partial charge in [-0.15, -0.1) is 0 Å². The van der Waals surface area contributed by atoms with Crippen LogP contribution in [0.3, 0.4) is 0 Å². The molecule has 2 nitrogen and oxygen atoms in total. The molecule has 20 heavy (non-hydrogen) atoms. The quantitative estimate of drug-likeness (QED) is 0.250. The highest BCUT2D eigenvalue weighted by Gasteiger charge is 2.00. The van der Waals surface area contributed by atoms with E-state index in [0.717, 1.165) is 25.7 Å². The van der Waals surface area contributed by atoms with Crippen molar-refractivity contribution in [2.75, 3.05) is 6.61 Å². The van der Waals surface area contributed by atoms with Crippen LogP contribution in [0.1, 0.15) is 78.1 Å². The molecule has 0 aromatic carbocycles. The smallest absolute Gasteiger partial charge is 0.305 e. The summed E-state index contributed by atoms with van der Waals surface area (Å²) in [5.74, 6) is -0.0465. The van der Waals surface area contributed by atoms with Crippen molar-refractivity contribution >= 4 is 5.97 Å². The molecule has 0 aliphatic carbocycles. The highest BCUT2D eigenvalue weighted by Crippen LogP contribution is 2.09. The van der Waals surface area contributed by atoms with E-state index in [-0.39, 0.29) is 5.97 Å². The van der Waals surface area contributed by atoms with Crippen LogP contribution in [0.4, 0.5) is 0 Å². The molecular weight excluding hydrogens is 248 g/mol. The van der Waals surface area contributed by atoms with Gasteiger partial charge < -0.3 is 4.74 Å². The largest absolute Gasteiger partial charge is 0.466 e. The minimum Gasteiger partial charge on any atom is -0.466 e. The predicted octanol–water partition coefficient (Wildman–Crippen LogP) is 5.58. The first-order valence-corrected chi connectivity index (χ1v) is 8.26. The fraction of sp³-hybridized carbons (Fsp3) is 0.722. The van der Waals surface area contributed by atoms with Crippen LogP contribution in [0, 0.1) is 0 Å². The van der Waals surface area contributed by atoms with Gasteiger partial charge in [0.15, 0.2) is 0 Å². The zero-order valence-corrected chi connectivity index (χ0v) is 13.4. The molecule has 0 aliphatic rings. The second kappa shape index (κ2) is 16.0. The van der Waals surface area contributed by atoms with Gasteiger partial charge in [0.2, 0.25) is 0 Å². The van der Waals surface area contributed by atoms with E-state index in [9.17, 15) is 4.79 Å². The molecule has 0 N–H and O–H groups in total. The maximum absolute atomic E-state index is 11.1. The fourth-order valence-corrected chi connectivity index (χ4v) is 2.03. The normalized spacial score (nSPS) is 11.5. The summed E-state index contributed by atoms with van der Waals surface area (Å²) in [5.41, 5.74) is 0. The number of rotatable bonds is 13. The van der Waals surface area contributed by atoms with Crippen molar-refractivity contribution in [3.63, 3.8) is 0 Å². The lowest BCUT2D eigenvalue weighted by molar-refractivity contribution is -0.143. The molecule has 0 aromatic heterocycles. The summed E-state index contributed by atoms with van der Waals surface area (Å²) in [4.78, 5) is 11.1. The lowest BCUT2D eigenvalue weighted by atomic mass is 10.1. The van der Waals surface area contributed by atoms with Crippen molar-refractivity contribution in [2.45, 2.75) is 78.1 Å². The first-order chi connectivity index (χ1) is 9.81. The molecule has 0 rings (SSSR count). The lowest BCUT2D eigenvalue weighted by Gasteiger charge is -2.02. The Morgan fingerprint density at radius 3 is 2.20 bits per heavy atom. The van der Waals surface area contributed by atoms with E-state index in [1.54, 1.807) is 0 Å². The number of hydrogen-bond acceptors (Lipinski definition) is 2. The molecule has 0 fully saturated rings. The van der Waals surface area contributed by atoms with Gasteiger partial charge in [-0.2, -0.15) is 0 Å². The number of esters is 1. The average molecular weight is 280 g/mol. The van der Waals surface area contributed by atoms with Gasteiger partial charge in [-0.3, -0.25) is 4.79 Å². The Morgan fingerprint density at radius 1 is 0.850 bits per heavy atom. The summed E-state index contributed by atoms with van der Waals surface area (Å²) >= 11 is 0. The van der Waals surface area contributed by atoms with Crippen LogP contribution in [0.2, 0.25) is 0 Å². The number of allylic oxidation sites excluding steroid dienone is 4. The minimum absolute atomic E-state index is 0.0465. The maximum Gasteiger partial charge on any atom is 0.305 e. The van der Waals surface area contributed by atoms with Crippen LogP contribution in [0.15, 0.2) is 24.3 Å². The van der Waals surface area contributed by atoms with E-state index in [1.807, 2.05) is 6.92 Å². The van der Waals surface area contributed by atoms with Crippen molar-refractivity contribution in [2.24, 2.45) is 0 Å². The molecule has 116 valence electrons. The third-order valence-corrected chi connectivity index (χ3v) is 3.15. The van der Waals surface area contributed by atoms with E-state index >= 15 is 0 Å². The number of unbranched alkanes of at least 4 members (excludes halogenated alkanes) is 6. The molecular formula is C18H32O2. The number of carbonyl (C=O) groups is 1. The lowest BCUT2D eigenvalue weighted by Crippen LogP contribution is -2.03. The van der Waals surface area contributed by atoms with Crippen LogP contribution in [0.5, 0.6) is 0 Å². The topological polar surface area (TPSA) is 26.3 Å². The molecule has 0 aliphatic heterocycles. The average Bonchev–Trinajstić information content (AvgIpc) is 2.44. The van der Waals surface area contributed by atoms with Gasteiger partial charge in [-0.25, -0.2) is 0 Å². The van der Waals surface area contributed by atoms with E-state index < -0.39 is 0 Å². The van der Waals surface area contributed by atoms with Gasteiger partial charge in [0, 0.05) is 6.42 Å². The first kappa shape index (κ1) is 18.9. The van der Waals surface area contributed by atoms with Gasteiger partial charge in [0.25, 0.3) is 0 Å². The Labute approximate surface area is 125 Å². The summed E-state index contributed by atoms with van der Waals surface area (Å²) < 4.78 is 4.90. The number of carbonyl (C=O) groups excluding carboxylic acids is 1. The molecule has 0 saturated carbocycles. The maximum atomic E-state index is 11.1. The molecule has 0 radical (unpaired) electrons. The van der Waals surface area contributed by atoms with Crippen molar-refractivity contribution in [1.29, 1.82) is 0 Å². The Bertz CT molecular complexity index is 267. The van der Waals surface area contributed by atoms with Crippen LogP contribution >= 0.6 is 0 Å². The SMILES string of the molecule is CCC=CCC=CCCCCCCCCC(=O)OCC. The number of ether oxygens (including phenoxy) is 1. The standard InChI is InChI=1S/C18H32O2/c1-3-5-6-7-8-9-10-11-12-13-14-15-16-17-18(19)20-4-2/h5-6,8-9H,3-4,7,10-17H2,1-2H3. The molecule has 0 spiro atoms. The zero-order valence-electron chi connectivity index (χ0n) is 13.4. The highest BCUT2D eigenvalue weighted by atomic mass is 16.5. The van der Waals surface area contributed by atoms with Crippen LogP contribution < -0.4 is 0 Å². The zero-order chi connectivity index (χ0) is 14.9. The second-order valence-electron chi connectivity index (χ2n) is 5.05. The molecule has 0 bridgehead atoms. The van der Waals surface area contributed by atoms with E-state index in [0.29, 0.717) is 13.0 Å². The first-order valence-electron chi connectivity index (χ1n) is 8.26. The Morgan fingerprint density at radius 2 is 1.50 bits per heavy atom. The second-order valence-corrected chi connectivity index (χ2v) is 5.05. The summed E-state index contributed by atoms with van der Waals surface area (Å²) in [5, 5.41) is 0. The van der Waals surface area contributed by atoms with Crippen LogP contribution in [0.25, 0.3) is 0 Å². The van der Waals surface area contributed by atoms with E-state index in [4.69, 9.17) is 4.74 Å². The van der Waals surface area contributed by atoms with Gasteiger partial charge in [0.1, 0.15) is 0 Å². The minimum atomic E-state index is -0.0465. The van der Waals surface area contributed by atoms with Crippen molar-refractivity contribution < 1.29 is 9.53 Å². The molecule has 0 atom stereocenters. The Hall–Kier alpha value is -1.05. The summed E-state index contributed by atoms with van der Waals surface area (Å²) in [6.07, 6.45) is 20.2. The molecule has 0 aromatic rings. The number of hydrogen-bond donors (Lipinski definition) is 0. The summed E-state index contributed by atoms with van der Waals surface area (Å²) in [6, 6.07) is 0. The van der Waals surface area contributed by atoms with Crippen LogP contribution in [-0.4, -0.2) is 12.6 Å². The molecule has 0 amide bonds. The van der Waals surface area contributed by atoms with E-state index in [2.05, 4.69) is 31.2 Å². The van der Waals surface area contributed by atoms with E-state index in [1.165, 1.54) is 32.1 Å². The monoisotopic (exact) mass is 280 g/mol. The van der Waals surface area contributed by atoms with Crippen molar-refractivity contribution in [3.05, 3.63) is 24.3 Å². The van der Waals surface area contributed by atoms with Gasteiger partial charge in [-0.05, 0) is 39.0 Å². The van der Waals surface area contributed by atoms with Crippen molar-refractivity contribution in [1.82, 2.24) is 0 Å². The third kappa shape index (κ3) is 15.0.